The van der Waals surface area contributed by atoms with Crippen LogP contribution in [0.5, 0.6) is 0 Å². The number of benzene rings is 2. The van der Waals surface area contributed by atoms with Crippen molar-refractivity contribution in [3.05, 3.63) is 71.9 Å². The number of hydrogen-bond donors (Lipinski definition) is 26. The molecule has 44 nitrogen and oxygen atoms in total. The summed E-state index contributed by atoms with van der Waals surface area (Å²) in [6.07, 6.45) is 4.01. The first-order valence-corrected chi connectivity index (χ1v) is 46.1. The maximum atomic E-state index is 15.1. The second-order valence-corrected chi connectivity index (χ2v) is 34.8. The lowest BCUT2D eigenvalue weighted by atomic mass is 9.97. The molecule has 3 aromatic rings. The van der Waals surface area contributed by atoms with Crippen LogP contribution in [-0.2, 0) is 94.3 Å². The van der Waals surface area contributed by atoms with Gasteiger partial charge in [-0.1, -0.05) is 117 Å². The zero-order valence-electron chi connectivity index (χ0n) is 78.3. The summed E-state index contributed by atoms with van der Waals surface area (Å²) >= 11 is 0. The number of carbonyl (C=O) groups excluding carboxylic acids is 17. The largest absolute Gasteiger partial charge is 0.370 e. The van der Waals surface area contributed by atoms with Crippen molar-refractivity contribution in [1.82, 2.24) is 79.4 Å². The second kappa shape index (κ2) is 62.4. The Balaban J connectivity index is 1.96. The molecule has 0 saturated heterocycles. The number of carbonyl (C=O) groups is 17. The maximum absolute atomic E-state index is 15.1. The third kappa shape index (κ3) is 43.9. The van der Waals surface area contributed by atoms with E-state index < -0.39 is 216 Å². The number of H-pyrrole nitrogens is 1. The number of nitrogens with zero attached hydrogens (tertiary/aromatic N) is 1. The van der Waals surface area contributed by atoms with Crippen LogP contribution in [0.2, 0.25) is 0 Å². The zero-order chi connectivity index (χ0) is 99.4. The Kier molecular flexibility index (Phi) is 54.0. The van der Waals surface area contributed by atoms with Crippen molar-refractivity contribution in [1.29, 1.82) is 0 Å². The zero-order valence-corrected chi connectivity index (χ0v) is 78.3. The molecule has 0 fully saturated rings. The van der Waals surface area contributed by atoms with Gasteiger partial charge in [0.2, 0.25) is 100 Å². The average Bonchev–Trinajstić information content (AvgIpc) is 1.73. The Labute approximate surface area is 778 Å². The SMILES string of the molecule is CC[C@H](C)[C@H](NC(=O)[C@H](CCCCN)NC(=O)[C@H](CCCCN)NC(=O)[C@H](Cc1ccccc1)NC(=O)[C@H](CC(C)C)NC(=O)[C@H](CCCCN)NC(=O)[C@H](Cc1c[nH]c2ccccc12)NC(=O)[C@@H](N)CCCCN)C(=O)NCC(=O)N[C@@H](CC(N)=O)C(=O)N[C@@H](CCCN=C(N)N)C(=O)N[C@@H](CC(N)=O)C(=O)N[C@@H](CCCCN)C(=O)N[C@H](C(=O)N[C@@H](CC(C)C)C(N)=O)C(C)C. The van der Waals surface area contributed by atoms with Gasteiger partial charge in [0.05, 0.1) is 25.4 Å². The first-order chi connectivity index (χ1) is 63.1. The predicted octanol–water partition coefficient (Wildman–Crippen LogP) is -4.57. The van der Waals surface area contributed by atoms with Gasteiger partial charge in [-0.05, 0) is 189 Å². The van der Waals surface area contributed by atoms with Gasteiger partial charge in [0.15, 0.2) is 5.96 Å². The fourth-order valence-electron chi connectivity index (χ4n) is 14.5. The molecular weight excluding hydrogens is 1720 g/mol. The van der Waals surface area contributed by atoms with Crippen LogP contribution in [0, 0.1) is 23.7 Å². The Morgan fingerprint density at radius 3 is 1.16 bits per heavy atom. The van der Waals surface area contributed by atoms with E-state index in [0.717, 1.165) is 10.9 Å². The number of aromatic amines is 1. The number of hydrogen-bond acceptors (Lipinski definition) is 24. The molecule has 0 saturated carbocycles. The Bertz CT molecular complexity index is 4260. The molecule has 1 heterocycles. The van der Waals surface area contributed by atoms with Gasteiger partial charge in [0.1, 0.15) is 78.5 Å². The number of unbranched alkanes of at least 4 members (excludes halogenated alkanes) is 5. The molecule has 15 atom stereocenters. The summed E-state index contributed by atoms with van der Waals surface area (Å²) in [6.45, 7) is 14.0. The highest BCUT2D eigenvalue weighted by atomic mass is 16.2. The van der Waals surface area contributed by atoms with E-state index in [9.17, 15) is 76.7 Å². The van der Waals surface area contributed by atoms with E-state index in [1.54, 1.807) is 64.2 Å². The maximum Gasteiger partial charge on any atom is 0.243 e. The normalized spacial score (nSPS) is 14.7. The van der Waals surface area contributed by atoms with Crippen molar-refractivity contribution >= 4 is 117 Å². The number of aromatic nitrogens is 1. The minimum Gasteiger partial charge on any atom is -0.370 e. The minimum atomic E-state index is -1.88. The molecule has 0 unspecified atom stereocenters. The molecule has 0 spiro atoms. The average molecular weight is 1870 g/mol. The quantitative estimate of drug-likeness (QED) is 0.0144. The molecule has 37 N–H and O–H groups in total. The summed E-state index contributed by atoms with van der Waals surface area (Å²) in [7, 11) is 0. The molecule has 1 aromatic heterocycles. The number of primary amides is 3. The lowest BCUT2D eigenvalue weighted by Crippen LogP contribution is -2.61. The molecule has 3 rings (SSSR count). The predicted molar refractivity (Wildman–Crippen MR) is 503 cm³/mol. The summed E-state index contributed by atoms with van der Waals surface area (Å²) in [5.41, 5.74) is 65.5. The van der Waals surface area contributed by atoms with Crippen LogP contribution >= 0.6 is 0 Å². The van der Waals surface area contributed by atoms with E-state index in [2.05, 4.69) is 84.4 Å². The second-order valence-electron chi connectivity index (χ2n) is 34.8. The molecule has 0 radical (unpaired) electrons. The molecular formula is C89H151N27O17. The van der Waals surface area contributed by atoms with Gasteiger partial charge in [-0.2, -0.15) is 0 Å². The Morgan fingerprint density at radius 1 is 0.361 bits per heavy atom. The summed E-state index contributed by atoms with van der Waals surface area (Å²) in [6, 6.07) is -3.67. The molecule has 0 aliphatic rings. The molecule has 17 amide bonds. The van der Waals surface area contributed by atoms with Gasteiger partial charge in [0.25, 0.3) is 0 Å². The highest BCUT2D eigenvalue weighted by molar-refractivity contribution is 6.02. The summed E-state index contributed by atoms with van der Waals surface area (Å²) in [5.74, 6) is -17.5. The van der Waals surface area contributed by atoms with Crippen LogP contribution in [0.4, 0.5) is 0 Å². The number of aliphatic imine (C=N–C) groups is 1. The molecule has 0 aliphatic heterocycles. The first-order valence-electron chi connectivity index (χ1n) is 46.1. The van der Waals surface area contributed by atoms with E-state index in [1.807, 2.05) is 52.0 Å². The lowest BCUT2D eigenvalue weighted by molar-refractivity contribution is -0.137. The van der Waals surface area contributed by atoms with Crippen LogP contribution in [-0.4, -0.2) is 242 Å². The van der Waals surface area contributed by atoms with Crippen LogP contribution in [0.15, 0.2) is 65.8 Å². The molecule has 0 aliphatic carbocycles. The van der Waals surface area contributed by atoms with Crippen molar-refractivity contribution in [2.75, 3.05) is 45.8 Å². The Hall–Kier alpha value is -12.0. The molecule has 133 heavy (non-hydrogen) atoms. The number of amides is 17. The van der Waals surface area contributed by atoms with Gasteiger partial charge in [-0.25, -0.2) is 0 Å². The van der Waals surface area contributed by atoms with E-state index in [1.165, 1.54) is 0 Å². The lowest BCUT2D eigenvalue weighted by Gasteiger charge is -2.29. The Morgan fingerprint density at radius 2 is 0.722 bits per heavy atom. The molecule has 44 heteroatoms. The molecule has 0 bridgehead atoms. The summed E-state index contributed by atoms with van der Waals surface area (Å²) in [5, 5.41) is 37.7. The van der Waals surface area contributed by atoms with Crippen LogP contribution in [0.25, 0.3) is 10.9 Å². The van der Waals surface area contributed by atoms with Gasteiger partial charge >= 0.3 is 0 Å². The number of guanidine groups is 1. The van der Waals surface area contributed by atoms with Crippen molar-refractivity contribution in [3.8, 4) is 0 Å². The van der Waals surface area contributed by atoms with E-state index in [0.29, 0.717) is 69.0 Å². The molecule has 2 aromatic carbocycles. The number of rotatable bonds is 68. The van der Waals surface area contributed by atoms with E-state index in [-0.39, 0.29) is 140 Å². The standard InChI is InChI=1S/C89H151N27O17/c1-9-53(8)74(87(132)103-49-72(119)104-68(46-70(96)117)85(130)109-63(35-25-41-101-89(99)100)79(124)114-69(47-71(97)118)86(131)108-61(33-18-23-39-93)80(125)115-73(52(6)7)88(133)110-64(75(98)120)42-50(2)3)116-81(126)62(34-19-24-40-94)105-77(122)59(31-16-21-37-91)106-83(128)66(44-54-26-11-10-12-27-54)113-82(127)65(43-51(4)5)112-78(123)60(32-17-22-38-92)107-84(129)67(111-76(121)57(95)29-15-20-36-90)45-55-48-102-58-30-14-13-28-56(55)58/h10-14,26-28,30,48,50-53,57,59-69,73-74,102H,9,15-25,29,31-47,49,90-95H2,1-8H3,(H2,96,117)(H2,97,118)(H2,98,120)(H,103,132)(H,104,119)(H,105,122)(H,106,128)(H,107,129)(H,108,131)(H,109,130)(H,110,133)(H,111,121)(H,112,123)(H,113,127)(H,114,124)(H,115,125)(H,116,126)(H4,99,100,101)/t53-,57-,59-,60-,61-,62-,63-,64-,65-,66-,67-,68-,69-,73-,74-/m0/s1. The number of fused-ring (bicyclic) bond motifs is 1. The smallest absolute Gasteiger partial charge is 0.243 e. The van der Waals surface area contributed by atoms with E-state index >= 15 is 4.79 Å². The minimum absolute atomic E-state index is 0.00286. The first kappa shape index (κ1) is 115. The number of nitrogens with one attached hydrogen (secondary N) is 15. The van der Waals surface area contributed by atoms with Gasteiger partial charge in [-0.3, -0.25) is 86.5 Å². The van der Waals surface area contributed by atoms with Crippen molar-refractivity contribution < 1.29 is 81.5 Å². The fraction of sp³-hybridized carbons (Fsp3) is 0.640. The van der Waals surface area contributed by atoms with Gasteiger partial charge in [0, 0.05) is 36.5 Å². The number of nitrogens with two attached hydrogens (primary N) is 11. The van der Waals surface area contributed by atoms with Crippen LogP contribution in [0.1, 0.15) is 208 Å². The topological polar surface area (TPSA) is 773 Å². The third-order valence-electron chi connectivity index (χ3n) is 22.1. The van der Waals surface area contributed by atoms with Crippen LogP contribution in [0.3, 0.4) is 0 Å². The molecule has 744 valence electrons. The van der Waals surface area contributed by atoms with Crippen molar-refractivity contribution in [3.63, 3.8) is 0 Å². The number of para-hydroxylation sites is 1. The fourth-order valence-corrected chi connectivity index (χ4v) is 14.5. The monoisotopic (exact) mass is 1870 g/mol. The van der Waals surface area contributed by atoms with Gasteiger partial charge in [-0.15, -0.1) is 0 Å². The summed E-state index contributed by atoms with van der Waals surface area (Å²) in [4.78, 5) is 247. The highest BCUT2D eigenvalue weighted by Gasteiger charge is 2.40. The van der Waals surface area contributed by atoms with Crippen molar-refractivity contribution in [2.24, 2.45) is 91.7 Å². The van der Waals surface area contributed by atoms with Gasteiger partial charge < -0.3 is 142 Å². The van der Waals surface area contributed by atoms with Crippen LogP contribution < -0.4 is 138 Å². The third-order valence-corrected chi connectivity index (χ3v) is 22.1. The summed E-state index contributed by atoms with van der Waals surface area (Å²) < 4.78 is 0. The van der Waals surface area contributed by atoms with E-state index in [4.69, 9.17) is 63.1 Å². The highest BCUT2D eigenvalue weighted by Crippen LogP contribution is 2.22. The van der Waals surface area contributed by atoms with Crippen molar-refractivity contribution in [2.45, 2.75) is 294 Å².